The Bertz CT molecular complexity index is 943. The Kier molecular flexibility index (Phi) is 11.7. The number of unbranched alkanes of at least 4 members (excludes halogenated alkanes) is 4. The third kappa shape index (κ3) is 8.66. The first-order chi connectivity index (χ1) is 20.6. The minimum Gasteiger partial charge on any atom is -0.454 e. The van der Waals surface area contributed by atoms with Gasteiger partial charge >= 0.3 is 5.97 Å². The third-order valence-corrected chi connectivity index (χ3v) is 8.18. The Labute approximate surface area is 259 Å². The average Bonchev–Trinajstić information content (AvgIpc) is 3.58. The Morgan fingerprint density at radius 2 is 1.48 bits per heavy atom. The van der Waals surface area contributed by atoms with Gasteiger partial charge in [0.05, 0.1) is 13.2 Å². The van der Waals surface area contributed by atoms with Crippen LogP contribution in [0.3, 0.4) is 0 Å². The first kappa shape index (κ1) is 35.8. The second-order valence-corrected chi connectivity index (χ2v) is 13.3. The van der Waals surface area contributed by atoms with Crippen LogP contribution in [0.15, 0.2) is 0 Å². The van der Waals surface area contributed by atoms with E-state index in [2.05, 4.69) is 6.92 Å². The highest BCUT2D eigenvalue weighted by Crippen LogP contribution is 2.43. The number of carbonyl (C=O) groups is 1. The molecule has 4 rings (SSSR count). The summed E-state index contributed by atoms with van der Waals surface area (Å²) in [5, 5.41) is 42.5. The van der Waals surface area contributed by atoms with Crippen molar-refractivity contribution in [3.8, 4) is 0 Å². The van der Waals surface area contributed by atoms with Crippen molar-refractivity contribution in [2.75, 3.05) is 13.2 Å². The van der Waals surface area contributed by atoms with Crippen LogP contribution in [0, 0.1) is 0 Å². The molecule has 4 fully saturated rings. The highest BCUT2D eigenvalue weighted by Gasteiger charge is 2.59. The van der Waals surface area contributed by atoms with Crippen molar-refractivity contribution < 1.29 is 67.9 Å². The first-order valence-electron chi connectivity index (χ1n) is 15.7. The molecule has 0 aliphatic carbocycles. The van der Waals surface area contributed by atoms with Crippen LogP contribution >= 0.6 is 0 Å². The molecule has 256 valence electrons. The van der Waals surface area contributed by atoms with Crippen LogP contribution in [-0.4, -0.2) is 124 Å². The zero-order valence-corrected chi connectivity index (χ0v) is 26.9. The van der Waals surface area contributed by atoms with E-state index in [1.165, 1.54) is 0 Å². The minimum atomic E-state index is -1.76. The molecule has 0 aromatic carbocycles. The number of aliphatic hydroxyl groups excluding tert-OH is 4. The van der Waals surface area contributed by atoms with Gasteiger partial charge in [-0.1, -0.05) is 32.6 Å². The molecule has 0 bridgehead atoms. The smallest absolute Gasteiger partial charge is 0.306 e. The van der Waals surface area contributed by atoms with Gasteiger partial charge in [0.15, 0.2) is 29.8 Å². The van der Waals surface area contributed by atoms with Crippen LogP contribution in [0.25, 0.3) is 0 Å². The van der Waals surface area contributed by atoms with Gasteiger partial charge in [-0.2, -0.15) is 0 Å². The van der Waals surface area contributed by atoms with Crippen molar-refractivity contribution in [1.82, 2.24) is 0 Å². The molecule has 4 N–H and O–H groups in total. The van der Waals surface area contributed by atoms with Crippen molar-refractivity contribution in [3.05, 3.63) is 0 Å². The van der Waals surface area contributed by atoms with Crippen LogP contribution < -0.4 is 0 Å². The van der Waals surface area contributed by atoms with Gasteiger partial charge < -0.3 is 63.1 Å². The topological polar surface area (TPSA) is 181 Å². The zero-order chi connectivity index (χ0) is 32.4. The molecule has 11 atom stereocenters. The summed E-state index contributed by atoms with van der Waals surface area (Å²) >= 11 is 0. The number of aliphatic hydroxyl groups is 4. The van der Waals surface area contributed by atoms with Gasteiger partial charge in [0.1, 0.15) is 48.8 Å². The zero-order valence-electron chi connectivity index (χ0n) is 26.9. The molecule has 0 aromatic rings. The Hall–Kier alpha value is -1.01. The summed E-state index contributed by atoms with van der Waals surface area (Å²) in [4.78, 5) is 12.7. The standard InChI is InChI=1S/C30H52O14/c1-8-9-10-11-12-13-18(32)38-22-20(34)19(33)16(14-31)37-27(22)39-26(35)25-24(43-30(6,7)44-25)23-21(41-29(4,5)42-23)17-15-36-28(2,3)40-17/h16-17,19-27,31,33-35H,8-15H2,1-7H3/t16-,17+,19-,20+,21-,22+,23+,24+,25-,26?,27+/m1/s1. The van der Waals surface area contributed by atoms with E-state index in [9.17, 15) is 25.2 Å². The highest BCUT2D eigenvalue weighted by molar-refractivity contribution is 5.69. The number of esters is 1. The van der Waals surface area contributed by atoms with Gasteiger partial charge in [0, 0.05) is 6.42 Å². The van der Waals surface area contributed by atoms with E-state index >= 15 is 0 Å². The lowest BCUT2D eigenvalue weighted by Crippen LogP contribution is -2.62. The number of ether oxygens (including phenoxy) is 9. The summed E-state index contributed by atoms with van der Waals surface area (Å²) in [7, 11) is 0. The van der Waals surface area contributed by atoms with Crippen LogP contribution in [0.1, 0.15) is 87.0 Å². The van der Waals surface area contributed by atoms with Crippen molar-refractivity contribution in [3.63, 3.8) is 0 Å². The molecule has 44 heavy (non-hydrogen) atoms. The van der Waals surface area contributed by atoms with Crippen molar-refractivity contribution in [2.24, 2.45) is 0 Å². The third-order valence-electron chi connectivity index (χ3n) is 8.18. The van der Waals surface area contributed by atoms with Gasteiger partial charge in [-0.25, -0.2) is 0 Å². The van der Waals surface area contributed by atoms with Crippen LogP contribution in [0.5, 0.6) is 0 Å². The van der Waals surface area contributed by atoms with Crippen molar-refractivity contribution in [2.45, 2.75) is 172 Å². The van der Waals surface area contributed by atoms with E-state index in [1.54, 1.807) is 41.5 Å². The molecular formula is C30H52O14. The first-order valence-corrected chi connectivity index (χ1v) is 15.7. The van der Waals surface area contributed by atoms with Crippen LogP contribution in [-0.2, 0) is 47.4 Å². The molecule has 0 aromatic heterocycles. The van der Waals surface area contributed by atoms with E-state index in [-0.39, 0.29) is 13.0 Å². The second kappa shape index (κ2) is 14.4. The molecule has 4 heterocycles. The van der Waals surface area contributed by atoms with Gasteiger partial charge in [0.2, 0.25) is 6.29 Å². The quantitative estimate of drug-likeness (QED) is 0.129. The molecular weight excluding hydrogens is 584 g/mol. The van der Waals surface area contributed by atoms with E-state index in [0.29, 0.717) is 6.42 Å². The molecule has 4 saturated heterocycles. The molecule has 14 nitrogen and oxygen atoms in total. The van der Waals surface area contributed by atoms with E-state index in [4.69, 9.17) is 42.6 Å². The maximum absolute atomic E-state index is 12.7. The fraction of sp³-hybridized carbons (Fsp3) is 0.967. The predicted molar refractivity (Wildman–Crippen MR) is 151 cm³/mol. The number of rotatable bonds is 13. The summed E-state index contributed by atoms with van der Waals surface area (Å²) in [6, 6.07) is 0. The van der Waals surface area contributed by atoms with Crippen molar-refractivity contribution >= 4 is 5.97 Å². The van der Waals surface area contributed by atoms with Gasteiger partial charge in [-0.05, 0) is 48.0 Å². The lowest BCUT2D eigenvalue weighted by atomic mass is 9.98. The molecule has 4 aliphatic rings. The van der Waals surface area contributed by atoms with E-state index < -0.39 is 97.5 Å². The maximum atomic E-state index is 12.7. The molecule has 0 spiro atoms. The van der Waals surface area contributed by atoms with Gasteiger partial charge in [0.25, 0.3) is 0 Å². The molecule has 0 saturated carbocycles. The molecule has 0 amide bonds. The summed E-state index contributed by atoms with van der Waals surface area (Å²) in [6.07, 6.45) is -8.70. The normalized spacial score (nSPS) is 40.2. The van der Waals surface area contributed by atoms with Gasteiger partial charge in [-0.3, -0.25) is 4.79 Å². The Balaban J connectivity index is 1.50. The van der Waals surface area contributed by atoms with E-state index in [1.807, 2.05) is 0 Å². The molecule has 4 aliphatic heterocycles. The summed E-state index contributed by atoms with van der Waals surface area (Å²) in [5.41, 5.74) is 0. The van der Waals surface area contributed by atoms with Crippen molar-refractivity contribution in [1.29, 1.82) is 0 Å². The number of carbonyl (C=O) groups excluding carboxylic acids is 1. The molecule has 0 radical (unpaired) electrons. The number of hydrogen-bond donors (Lipinski definition) is 4. The largest absolute Gasteiger partial charge is 0.454 e. The summed E-state index contributed by atoms with van der Waals surface area (Å²) in [6.45, 7) is 12.1. The van der Waals surface area contributed by atoms with E-state index in [0.717, 1.165) is 25.7 Å². The SMILES string of the molecule is CCCCCCCC(=O)O[C@@H]1[C@H](OC(O)[C@@H]2OC(C)(C)O[C@H]2[C@H]2OC(C)(C)O[C@@H]2[C@@H]2COC(C)(C)O2)O[C@H](CO)[C@@H](O)[C@@H]1O. The lowest BCUT2D eigenvalue weighted by molar-refractivity contribution is -0.345. The fourth-order valence-corrected chi connectivity index (χ4v) is 6.12. The molecule has 14 heteroatoms. The summed E-state index contributed by atoms with van der Waals surface area (Å²) in [5.74, 6) is -3.63. The fourth-order valence-electron chi connectivity index (χ4n) is 6.12. The number of hydrogen-bond acceptors (Lipinski definition) is 14. The van der Waals surface area contributed by atoms with Crippen LogP contribution in [0.4, 0.5) is 0 Å². The lowest BCUT2D eigenvalue weighted by Gasteiger charge is -2.42. The average molecular weight is 637 g/mol. The Morgan fingerprint density at radius 1 is 0.841 bits per heavy atom. The second-order valence-electron chi connectivity index (χ2n) is 13.3. The van der Waals surface area contributed by atoms with Gasteiger partial charge in [-0.15, -0.1) is 0 Å². The molecule has 1 unspecified atom stereocenters. The summed E-state index contributed by atoms with van der Waals surface area (Å²) < 4.78 is 53.6. The Morgan fingerprint density at radius 3 is 2.11 bits per heavy atom. The predicted octanol–water partition coefficient (Wildman–Crippen LogP) is 1.22. The minimum absolute atomic E-state index is 0.0948. The van der Waals surface area contributed by atoms with Crippen LogP contribution in [0.2, 0.25) is 0 Å². The highest BCUT2D eigenvalue weighted by atomic mass is 16.8. The maximum Gasteiger partial charge on any atom is 0.306 e. The monoisotopic (exact) mass is 636 g/mol.